The molecule has 1 fully saturated rings. The highest BCUT2D eigenvalue weighted by Crippen LogP contribution is 2.31. The van der Waals surface area contributed by atoms with Crippen LogP contribution in [0.4, 0.5) is 5.13 Å². The van der Waals surface area contributed by atoms with Crippen molar-refractivity contribution < 1.29 is 4.79 Å². The van der Waals surface area contributed by atoms with Gasteiger partial charge in [-0.3, -0.25) is 9.48 Å². The molecule has 0 bridgehead atoms. The fourth-order valence-corrected chi connectivity index (χ4v) is 3.52. The molecule has 1 amide bonds. The van der Waals surface area contributed by atoms with Crippen LogP contribution in [-0.4, -0.2) is 39.0 Å². The summed E-state index contributed by atoms with van der Waals surface area (Å²) in [6.07, 6.45) is 3.81. The van der Waals surface area contributed by atoms with E-state index in [0.717, 1.165) is 17.1 Å². The summed E-state index contributed by atoms with van der Waals surface area (Å²) in [7, 11) is 1.89. The Kier molecular flexibility index (Phi) is 5.62. The van der Waals surface area contributed by atoms with E-state index in [9.17, 15) is 4.79 Å². The van der Waals surface area contributed by atoms with E-state index in [4.69, 9.17) is 0 Å². The zero-order valence-electron chi connectivity index (χ0n) is 14.2. The standard InChI is InChI=1S/C15H22N6OS.ClH/c1-15(2,3)13-19-20-14(23-13)18-12(22)11-7-16-6-10(11)9-5-17-21(4)8-9;/h5,8,10-11,16H,6-7H2,1-4H3,(H,18,20,22);1H/t10-,11+;/m1./s1. The number of nitrogens with one attached hydrogen (secondary N) is 2. The molecule has 0 radical (unpaired) electrons. The number of carbonyl (C=O) groups excluding carboxylic acids is 1. The van der Waals surface area contributed by atoms with Gasteiger partial charge in [-0.05, 0) is 5.56 Å². The number of hydrogen-bond acceptors (Lipinski definition) is 6. The van der Waals surface area contributed by atoms with Crippen LogP contribution in [0.25, 0.3) is 0 Å². The Labute approximate surface area is 151 Å². The molecular formula is C15H23ClN6OS. The van der Waals surface area contributed by atoms with E-state index < -0.39 is 0 Å². The lowest BCUT2D eigenvalue weighted by molar-refractivity contribution is -0.119. The van der Waals surface area contributed by atoms with E-state index in [0.29, 0.717) is 11.7 Å². The molecule has 1 aliphatic heterocycles. The Morgan fingerprint density at radius 3 is 2.71 bits per heavy atom. The van der Waals surface area contributed by atoms with Crippen molar-refractivity contribution in [2.75, 3.05) is 18.4 Å². The zero-order chi connectivity index (χ0) is 16.6. The molecule has 0 unspecified atom stereocenters. The van der Waals surface area contributed by atoms with Gasteiger partial charge < -0.3 is 10.6 Å². The van der Waals surface area contributed by atoms with Gasteiger partial charge in [-0.2, -0.15) is 5.10 Å². The van der Waals surface area contributed by atoms with Gasteiger partial charge in [0, 0.05) is 37.7 Å². The second-order valence-electron chi connectivity index (χ2n) is 6.97. The predicted octanol–water partition coefficient (Wildman–Crippen LogP) is 1.93. The molecule has 0 aliphatic carbocycles. The van der Waals surface area contributed by atoms with Crippen molar-refractivity contribution in [3.05, 3.63) is 23.0 Å². The molecule has 2 N–H and O–H groups in total. The van der Waals surface area contributed by atoms with Gasteiger partial charge in [0.25, 0.3) is 0 Å². The second-order valence-corrected chi connectivity index (χ2v) is 7.95. The molecule has 1 aliphatic rings. The summed E-state index contributed by atoms with van der Waals surface area (Å²) in [5.41, 5.74) is 1.03. The van der Waals surface area contributed by atoms with Gasteiger partial charge in [-0.25, -0.2) is 0 Å². The van der Waals surface area contributed by atoms with E-state index >= 15 is 0 Å². The van der Waals surface area contributed by atoms with Crippen molar-refractivity contribution >= 4 is 34.8 Å². The minimum absolute atomic E-state index is 0. The first kappa shape index (κ1) is 18.8. The van der Waals surface area contributed by atoms with Crippen LogP contribution in [0.3, 0.4) is 0 Å². The SMILES string of the molecule is Cl.Cn1cc([C@H]2CNC[C@@H]2C(=O)Nc2nnc(C(C)(C)C)s2)cn1. The van der Waals surface area contributed by atoms with Gasteiger partial charge in [0.05, 0.1) is 12.1 Å². The summed E-state index contributed by atoms with van der Waals surface area (Å²) in [5.74, 6) is 0.000330. The first-order valence-electron chi connectivity index (χ1n) is 7.68. The molecule has 24 heavy (non-hydrogen) atoms. The van der Waals surface area contributed by atoms with Crippen molar-refractivity contribution in [3.8, 4) is 0 Å². The summed E-state index contributed by atoms with van der Waals surface area (Å²) in [6, 6.07) is 0. The maximum absolute atomic E-state index is 12.6. The number of hydrogen-bond donors (Lipinski definition) is 2. The number of amides is 1. The molecular weight excluding hydrogens is 348 g/mol. The Bertz CT molecular complexity index is 707. The lowest BCUT2D eigenvalue weighted by atomic mass is 9.90. The van der Waals surface area contributed by atoms with Crippen molar-refractivity contribution in [1.82, 2.24) is 25.3 Å². The van der Waals surface area contributed by atoms with Gasteiger partial charge in [0.1, 0.15) is 5.01 Å². The molecule has 3 heterocycles. The lowest BCUT2D eigenvalue weighted by Crippen LogP contribution is -2.28. The number of aromatic nitrogens is 4. The quantitative estimate of drug-likeness (QED) is 0.862. The minimum atomic E-state index is -0.124. The number of halogens is 1. The molecule has 2 atom stereocenters. The van der Waals surface area contributed by atoms with Gasteiger partial charge in [0.15, 0.2) is 0 Å². The van der Waals surface area contributed by atoms with Crippen molar-refractivity contribution in [3.63, 3.8) is 0 Å². The molecule has 1 saturated heterocycles. The molecule has 2 aromatic rings. The van der Waals surface area contributed by atoms with Crippen LogP contribution in [0.1, 0.15) is 37.3 Å². The van der Waals surface area contributed by atoms with Crippen LogP contribution < -0.4 is 10.6 Å². The van der Waals surface area contributed by atoms with Crippen LogP contribution in [0.5, 0.6) is 0 Å². The smallest absolute Gasteiger partial charge is 0.231 e. The highest BCUT2D eigenvalue weighted by Gasteiger charge is 2.35. The molecule has 0 aromatic carbocycles. The predicted molar refractivity (Wildman–Crippen MR) is 96.8 cm³/mol. The largest absolute Gasteiger partial charge is 0.315 e. The normalized spacial score (nSPS) is 20.7. The van der Waals surface area contributed by atoms with Crippen LogP contribution in [0, 0.1) is 5.92 Å². The molecule has 132 valence electrons. The fourth-order valence-electron chi connectivity index (χ4n) is 2.71. The topological polar surface area (TPSA) is 84.7 Å². The molecule has 7 nitrogen and oxygen atoms in total. The average Bonchev–Trinajstić information content (AvgIpc) is 3.15. The Hall–Kier alpha value is -1.51. The Morgan fingerprint density at radius 2 is 2.12 bits per heavy atom. The second kappa shape index (κ2) is 7.16. The number of anilines is 1. The van der Waals surface area contributed by atoms with Crippen LogP contribution >= 0.6 is 23.7 Å². The first-order chi connectivity index (χ1) is 10.8. The summed E-state index contributed by atoms with van der Waals surface area (Å²) in [4.78, 5) is 12.6. The molecule has 3 rings (SSSR count). The lowest BCUT2D eigenvalue weighted by Gasteiger charge is -2.16. The van der Waals surface area contributed by atoms with Crippen molar-refractivity contribution in [2.45, 2.75) is 32.1 Å². The highest BCUT2D eigenvalue weighted by molar-refractivity contribution is 7.15. The Morgan fingerprint density at radius 1 is 1.38 bits per heavy atom. The third kappa shape index (κ3) is 3.93. The molecule has 0 spiro atoms. The van der Waals surface area contributed by atoms with Gasteiger partial charge in [-0.1, -0.05) is 32.1 Å². The summed E-state index contributed by atoms with van der Waals surface area (Å²) in [6.45, 7) is 7.69. The fraction of sp³-hybridized carbons (Fsp3) is 0.600. The average molecular weight is 371 g/mol. The number of nitrogens with zero attached hydrogens (tertiary/aromatic N) is 4. The summed E-state index contributed by atoms with van der Waals surface area (Å²) < 4.78 is 1.77. The first-order valence-corrected chi connectivity index (χ1v) is 8.50. The maximum Gasteiger partial charge on any atom is 0.231 e. The van der Waals surface area contributed by atoms with Crippen LogP contribution in [-0.2, 0) is 17.3 Å². The van der Waals surface area contributed by atoms with E-state index in [2.05, 4.69) is 46.7 Å². The molecule has 0 saturated carbocycles. The number of carbonyl (C=O) groups is 1. The van der Waals surface area contributed by atoms with Crippen molar-refractivity contribution in [2.24, 2.45) is 13.0 Å². The summed E-state index contributed by atoms with van der Waals surface area (Å²) in [5, 5.41) is 20.2. The minimum Gasteiger partial charge on any atom is -0.315 e. The number of rotatable bonds is 3. The van der Waals surface area contributed by atoms with Crippen LogP contribution in [0.2, 0.25) is 0 Å². The zero-order valence-corrected chi connectivity index (χ0v) is 15.9. The third-order valence-electron chi connectivity index (χ3n) is 4.00. The van der Waals surface area contributed by atoms with E-state index in [1.165, 1.54) is 11.3 Å². The van der Waals surface area contributed by atoms with Gasteiger partial charge in [0.2, 0.25) is 11.0 Å². The van der Waals surface area contributed by atoms with Gasteiger partial charge in [-0.15, -0.1) is 22.6 Å². The summed E-state index contributed by atoms with van der Waals surface area (Å²) >= 11 is 1.44. The molecule has 2 aromatic heterocycles. The van der Waals surface area contributed by atoms with Crippen molar-refractivity contribution in [1.29, 1.82) is 0 Å². The number of aryl methyl sites for hydroxylation is 1. The Balaban J connectivity index is 0.00000208. The van der Waals surface area contributed by atoms with E-state index in [1.54, 1.807) is 4.68 Å². The van der Waals surface area contributed by atoms with E-state index in [1.807, 2.05) is 19.4 Å². The monoisotopic (exact) mass is 370 g/mol. The third-order valence-corrected chi connectivity index (χ3v) is 5.27. The van der Waals surface area contributed by atoms with Gasteiger partial charge >= 0.3 is 0 Å². The van der Waals surface area contributed by atoms with Crippen LogP contribution in [0.15, 0.2) is 12.4 Å². The maximum atomic E-state index is 12.6. The van der Waals surface area contributed by atoms with E-state index in [-0.39, 0.29) is 35.6 Å². The molecule has 9 heteroatoms. The highest BCUT2D eigenvalue weighted by atomic mass is 35.5.